The van der Waals surface area contributed by atoms with Crippen LogP contribution in [0.1, 0.15) is 12.5 Å². The molecule has 3 N–H and O–H groups in total. The first-order chi connectivity index (χ1) is 13.6. The summed E-state index contributed by atoms with van der Waals surface area (Å²) < 4.78 is 7.29. The second-order valence-corrected chi connectivity index (χ2v) is 6.70. The van der Waals surface area contributed by atoms with Gasteiger partial charge >= 0.3 is 0 Å². The van der Waals surface area contributed by atoms with Crippen molar-refractivity contribution in [3.8, 4) is 16.9 Å². The normalized spacial score (nSPS) is 10.9. The zero-order valence-corrected chi connectivity index (χ0v) is 16.2. The Morgan fingerprint density at radius 1 is 1.18 bits per heavy atom. The average Bonchev–Trinajstić information content (AvgIpc) is 3.13. The van der Waals surface area contributed by atoms with Gasteiger partial charge in [-0.1, -0.05) is 19.1 Å². The van der Waals surface area contributed by atoms with Crippen LogP contribution in [0.2, 0.25) is 0 Å². The van der Waals surface area contributed by atoms with Crippen LogP contribution in [0, 0.1) is 0 Å². The summed E-state index contributed by atoms with van der Waals surface area (Å²) in [4.78, 5) is 4.78. The zero-order valence-electron chi connectivity index (χ0n) is 16.2. The van der Waals surface area contributed by atoms with E-state index in [4.69, 9.17) is 15.5 Å². The first kappa shape index (κ1) is 17.9. The number of rotatable bonds is 5. The van der Waals surface area contributed by atoms with Gasteiger partial charge in [-0.15, -0.1) is 0 Å². The molecule has 0 aliphatic heterocycles. The lowest BCUT2D eigenvalue weighted by Gasteiger charge is -2.14. The van der Waals surface area contributed by atoms with Gasteiger partial charge in [-0.2, -0.15) is 5.10 Å². The first-order valence-electron chi connectivity index (χ1n) is 9.24. The van der Waals surface area contributed by atoms with E-state index in [2.05, 4.69) is 31.3 Å². The number of hydrogen-bond acceptors (Lipinski definition) is 5. The fraction of sp³-hybridized carbons (Fsp3) is 0.143. The van der Waals surface area contributed by atoms with E-state index in [1.54, 1.807) is 11.6 Å². The average molecular weight is 371 g/mol. The molecule has 0 atom stereocenters. The molecule has 2 aromatic heterocycles. The van der Waals surface area contributed by atoms with E-state index in [0.29, 0.717) is 0 Å². The fourth-order valence-corrected chi connectivity index (χ4v) is 3.35. The second-order valence-electron chi connectivity index (χ2n) is 6.70. The van der Waals surface area contributed by atoms with Crippen molar-refractivity contribution in [1.82, 2.24) is 14.6 Å². The quantitative estimate of drug-likeness (QED) is 0.417. The standard InChI is InChI=1S/C21H22BN5O/c1-3-13-10-16(11-18(28-2)20(13)22)25-19-8-9-27-21(26-19)17(12-24-27)14-4-6-15(23)7-5-14/h4-12H,3,22-23H2,1-2H3,(H,25,26). The Kier molecular flexibility index (Phi) is 4.65. The van der Waals surface area contributed by atoms with E-state index in [-0.39, 0.29) is 0 Å². The molecular formula is C21H22BN5O. The van der Waals surface area contributed by atoms with Crippen LogP contribution in [0.3, 0.4) is 0 Å². The monoisotopic (exact) mass is 371 g/mol. The molecule has 0 saturated carbocycles. The van der Waals surface area contributed by atoms with E-state index < -0.39 is 0 Å². The van der Waals surface area contributed by atoms with Crippen LogP contribution in [0.4, 0.5) is 17.2 Å². The van der Waals surface area contributed by atoms with Crippen LogP contribution in [0.15, 0.2) is 54.9 Å². The smallest absolute Gasteiger partial charge is 0.165 e. The number of ether oxygens (including phenoxy) is 1. The summed E-state index contributed by atoms with van der Waals surface area (Å²) in [5.74, 6) is 1.62. The van der Waals surface area contributed by atoms with Crippen LogP contribution < -0.4 is 21.3 Å². The molecule has 0 saturated heterocycles. The molecule has 0 fully saturated rings. The van der Waals surface area contributed by atoms with E-state index in [1.165, 1.54) is 11.0 Å². The molecule has 2 heterocycles. The second kappa shape index (κ2) is 7.27. The third kappa shape index (κ3) is 3.27. The molecule has 0 aliphatic carbocycles. The number of anilines is 3. The minimum atomic E-state index is 0.732. The lowest BCUT2D eigenvalue weighted by Crippen LogP contribution is -2.14. The van der Waals surface area contributed by atoms with Crippen LogP contribution in [0.5, 0.6) is 5.75 Å². The van der Waals surface area contributed by atoms with E-state index in [0.717, 1.165) is 46.1 Å². The molecule has 0 radical (unpaired) electrons. The fourth-order valence-electron chi connectivity index (χ4n) is 3.35. The predicted octanol–water partition coefficient (Wildman–Crippen LogP) is 2.55. The van der Waals surface area contributed by atoms with Crippen LogP contribution in [0.25, 0.3) is 16.8 Å². The van der Waals surface area contributed by atoms with Crippen LogP contribution in [-0.4, -0.2) is 29.6 Å². The number of fused-ring (bicyclic) bond motifs is 1. The van der Waals surface area contributed by atoms with E-state index >= 15 is 0 Å². The Hall–Kier alpha value is -3.48. The Morgan fingerprint density at radius 2 is 1.96 bits per heavy atom. The number of nitrogens with zero attached hydrogens (tertiary/aromatic N) is 3. The number of aryl methyl sites for hydroxylation is 1. The summed E-state index contributed by atoms with van der Waals surface area (Å²) in [5.41, 5.74) is 12.7. The van der Waals surface area contributed by atoms with Crippen molar-refractivity contribution in [3.05, 3.63) is 60.4 Å². The SMILES string of the molecule is Bc1c(CC)cc(Nc2ccn3ncc(-c4ccc(N)cc4)c3n2)cc1OC. The van der Waals surface area contributed by atoms with Gasteiger partial charge in [0, 0.05) is 29.2 Å². The molecule has 0 unspecified atom stereocenters. The number of benzene rings is 2. The molecular weight excluding hydrogens is 349 g/mol. The maximum absolute atomic E-state index is 5.80. The highest BCUT2D eigenvalue weighted by Crippen LogP contribution is 2.26. The molecule has 4 rings (SSSR count). The highest BCUT2D eigenvalue weighted by atomic mass is 16.5. The topological polar surface area (TPSA) is 77.5 Å². The van der Waals surface area contributed by atoms with Crippen molar-refractivity contribution < 1.29 is 4.74 Å². The molecule has 2 aromatic carbocycles. The Labute approximate surface area is 164 Å². The summed E-state index contributed by atoms with van der Waals surface area (Å²) in [6, 6.07) is 13.8. The summed E-state index contributed by atoms with van der Waals surface area (Å²) in [5, 5.41) is 7.81. The lowest BCUT2D eigenvalue weighted by atomic mass is 9.88. The van der Waals surface area contributed by atoms with Crippen LogP contribution >= 0.6 is 0 Å². The van der Waals surface area contributed by atoms with E-state index in [9.17, 15) is 0 Å². The number of hydrogen-bond donors (Lipinski definition) is 2. The molecule has 0 spiro atoms. The van der Waals surface area contributed by atoms with Crippen molar-refractivity contribution in [2.75, 3.05) is 18.2 Å². The van der Waals surface area contributed by atoms with Gasteiger partial charge in [-0.25, -0.2) is 9.50 Å². The lowest BCUT2D eigenvalue weighted by molar-refractivity contribution is 0.418. The summed E-state index contributed by atoms with van der Waals surface area (Å²) in [6.07, 6.45) is 4.66. The Balaban J connectivity index is 1.72. The molecule has 0 bridgehead atoms. The molecule has 0 amide bonds. The van der Waals surface area contributed by atoms with Gasteiger partial charge in [0.15, 0.2) is 5.65 Å². The third-order valence-corrected chi connectivity index (χ3v) is 4.93. The molecule has 6 nitrogen and oxygen atoms in total. The molecule has 4 aromatic rings. The zero-order chi connectivity index (χ0) is 19.7. The van der Waals surface area contributed by atoms with Crippen molar-refractivity contribution in [1.29, 1.82) is 0 Å². The Morgan fingerprint density at radius 3 is 2.68 bits per heavy atom. The molecule has 0 aliphatic rings. The van der Waals surface area contributed by atoms with Crippen molar-refractivity contribution >= 4 is 36.1 Å². The van der Waals surface area contributed by atoms with Gasteiger partial charge in [-0.05, 0) is 47.3 Å². The summed E-state index contributed by atoms with van der Waals surface area (Å²) in [7, 11) is 3.78. The minimum Gasteiger partial charge on any atom is -0.497 e. The van der Waals surface area contributed by atoms with Gasteiger partial charge in [0.1, 0.15) is 19.4 Å². The van der Waals surface area contributed by atoms with Crippen molar-refractivity contribution in [2.45, 2.75) is 13.3 Å². The Bertz CT molecular complexity index is 1110. The van der Waals surface area contributed by atoms with Gasteiger partial charge in [0.05, 0.1) is 13.3 Å². The number of nitrogen functional groups attached to an aromatic ring is 1. The van der Waals surface area contributed by atoms with Gasteiger partial charge in [0.25, 0.3) is 0 Å². The van der Waals surface area contributed by atoms with E-state index in [1.807, 2.05) is 48.8 Å². The van der Waals surface area contributed by atoms with Gasteiger partial charge in [-0.3, -0.25) is 0 Å². The van der Waals surface area contributed by atoms with Crippen molar-refractivity contribution in [2.24, 2.45) is 0 Å². The number of nitrogens with one attached hydrogen (secondary N) is 1. The predicted molar refractivity (Wildman–Crippen MR) is 117 cm³/mol. The molecule has 28 heavy (non-hydrogen) atoms. The maximum atomic E-state index is 5.80. The van der Waals surface area contributed by atoms with Crippen molar-refractivity contribution in [3.63, 3.8) is 0 Å². The summed E-state index contributed by atoms with van der Waals surface area (Å²) in [6.45, 7) is 2.14. The number of methoxy groups -OCH3 is 1. The van der Waals surface area contributed by atoms with Gasteiger partial charge in [0.2, 0.25) is 0 Å². The number of nitrogens with two attached hydrogens (primary N) is 1. The van der Waals surface area contributed by atoms with Gasteiger partial charge < -0.3 is 15.8 Å². The first-order valence-corrected chi connectivity index (χ1v) is 9.24. The maximum Gasteiger partial charge on any atom is 0.165 e. The highest BCUT2D eigenvalue weighted by molar-refractivity contribution is 6.35. The molecule has 7 heteroatoms. The minimum absolute atomic E-state index is 0.732. The summed E-state index contributed by atoms with van der Waals surface area (Å²) >= 11 is 0. The number of aromatic nitrogens is 3. The molecule has 140 valence electrons. The van der Waals surface area contributed by atoms with Crippen LogP contribution in [-0.2, 0) is 6.42 Å². The highest BCUT2D eigenvalue weighted by Gasteiger charge is 2.11. The third-order valence-electron chi connectivity index (χ3n) is 4.93. The largest absolute Gasteiger partial charge is 0.497 e.